The second-order valence-electron chi connectivity index (χ2n) is 6.17. The minimum atomic E-state index is -0.324. The number of halogens is 1. The first-order chi connectivity index (χ1) is 12.5. The summed E-state index contributed by atoms with van der Waals surface area (Å²) in [6.45, 7) is 7.32. The van der Waals surface area contributed by atoms with Crippen molar-refractivity contribution in [2.24, 2.45) is 0 Å². The van der Waals surface area contributed by atoms with Crippen LogP contribution in [0.5, 0.6) is 0 Å². The number of aryl methyl sites for hydroxylation is 1. The van der Waals surface area contributed by atoms with E-state index in [0.717, 1.165) is 18.4 Å². The normalized spacial score (nSPS) is 10.5. The molecule has 0 saturated heterocycles. The predicted molar refractivity (Wildman–Crippen MR) is 105 cm³/mol. The third-order valence-electron chi connectivity index (χ3n) is 3.97. The Morgan fingerprint density at radius 3 is 2.38 bits per heavy atom. The molecule has 0 spiro atoms. The second kappa shape index (κ2) is 9.34. The summed E-state index contributed by atoms with van der Waals surface area (Å²) < 4.78 is 0. The molecule has 2 rings (SSSR count). The van der Waals surface area contributed by atoms with E-state index in [4.69, 9.17) is 11.6 Å². The Morgan fingerprint density at radius 2 is 1.73 bits per heavy atom. The number of carbonyl (C=O) groups excluding carboxylic acids is 2. The SMILES string of the molecule is CCCN(CCC)C(=O)c1cncc(C(=O)Nc2cc(Cl)ccc2C)c1. The van der Waals surface area contributed by atoms with E-state index in [0.29, 0.717) is 34.9 Å². The van der Waals surface area contributed by atoms with E-state index in [1.807, 2.05) is 26.8 Å². The van der Waals surface area contributed by atoms with Gasteiger partial charge in [-0.15, -0.1) is 0 Å². The van der Waals surface area contributed by atoms with E-state index >= 15 is 0 Å². The van der Waals surface area contributed by atoms with Gasteiger partial charge < -0.3 is 10.2 Å². The molecule has 1 heterocycles. The minimum Gasteiger partial charge on any atom is -0.339 e. The number of amides is 2. The average molecular weight is 374 g/mol. The number of pyridine rings is 1. The van der Waals surface area contributed by atoms with Crippen LogP contribution in [-0.2, 0) is 0 Å². The molecule has 1 N–H and O–H groups in total. The summed E-state index contributed by atoms with van der Waals surface area (Å²) in [6.07, 6.45) is 4.72. The molecule has 0 fully saturated rings. The van der Waals surface area contributed by atoms with Crippen molar-refractivity contribution < 1.29 is 9.59 Å². The summed E-state index contributed by atoms with van der Waals surface area (Å²) in [5, 5.41) is 3.37. The molecule has 2 aromatic rings. The maximum atomic E-state index is 12.7. The second-order valence-corrected chi connectivity index (χ2v) is 6.60. The number of nitrogens with one attached hydrogen (secondary N) is 1. The predicted octanol–water partition coefficient (Wildman–Crippen LogP) is 4.56. The largest absolute Gasteiger partial charge is 0.339 e. The van der Waals surface area contributed by atoms with Crippen molar-refractivity contribution in [3.05, 3.63) is 58.4 Å². The third-order valence-corrected chi connectivity index (χ3v) is 4.20. The highest BCUT2D eigenvalue weighted by molar-refractivity contribution is 6.31. The fraction of sp³-hybridized carbons (Fsp3) is 0.350. The van der Waals surface area contributed by atoms with Crippen LogP contribution in [0.1, 0.15) is 53.0 Å². The van der Waals surface area contributed by atoms with Crippen molar-refractivity contribution in [3.63, 3.8) is 0 Å². The number of carbonyl (C=O) groups is 2. The molecule has 138 valence electrons. The first kappa shape index (κ1) is 19.9. The average Bonchev–Trinajstić information content (AvgIpc) is 2.64. The van der Waals surface area contributed by atoms with E-state index in [1.54, 1.807) is 23.1 Å². The Labute approximate surface area is 159 Å². The molecule has 0 aliphatic rings. The van der Waals surface area contributed by atoms with Crippen LogP contribution >= 0.6 is 11.6 Å². The number of nitrogens with zero attached hydrogens (tertiary/aromatic N) is 2. The Bertz CT molecular complexity index is 786. The molecule has 0 radical (unpaired) electrons. The lowest BCUT2D eigenvalue weighted by Gasteiger charge is -2.21. The van der Waals surface area contributed by atoms with E-state index in [-0.39, 0.29) is 11.8 Å². The number of hydrogen-bond acceptors (Lipinski definition) is 3. The molecule has 0 aliphatic carbocycles. The highest BCUT2D eigenvalue weighted by Crippen LogP contribution is 2.21. The lowest BCUT2D eigenvalue weighted by Crippen LogP contribution is -2.32. The molecule has 0 unspecified atom stereocenters. The van der Waals surface area contributed by atoms with Crippen molar-refractivity contribution in [2.45, 2.75) is 33.6 Å². The zero-order valence-electron chi connectivity index (χ0n) is 15.4. The van der Waals surface area contributed by atoms with Gasteiger partial charge in [0.2, 0.25) is 0 Å². The molecule has 26 heavy (non-hydrogen) atoms. The van der Waals surface area contributed by atoms with Gasteiger partial charge >= 0.3 is 0 Å². The highest BCUT2D eigenvalue weighted by Gasteiger charge is 2.17. The number of hydrogen-bond donors (Lipinski definition) is 1. The van der Waals surface area contributed by atoms with Crippen molar-refractivity contribution in [2.75, 3.05) is 18.4 Å². The molecular weight excluding hydrogens is 350 g/mol. The zero-order valence-corrected chi connectivity index (χ0v) is 16.1. The van der Waals surface area contributed by atoms with Crippen LogP contribution < -0.4 is 5.32 Å². The Morgan fingerprint density at radius 1 is 1.08 bits per heavy atom. The topological polar surface area (TPSA) is 62.3 Å². The van der Waals surface area contributed by atoms with Crippen molar-refractivity contribution in [1.82, 2.24) is 9.88 Å². The van der Waals surface area contributed by atoms with Gasteiger partial charge in [0.25, 0.3) is 11.8 Å². The van der Waals surface area contributed by atoms with Crippen LogP contribution in [0, 0.1) is 6.92 Å². The van der Waals surface area contributed by atoms with Crippen LogP contribution in [0.25, 0.3) is 0 Å². The lowest BCUT2D eigenvalue weighted by molar-refractivity contribution is 0.0755. The fourth-order valence-electron chi connectivity index (χ4n) is 2.64. The Kier molecular flexibility index (Phi) is 7.16. The molecule has 1 aromatic carbocycles. The molecule has 0 bridgehead atoms. The molecule has 0 atom stereocenters. The number of benzene rings is 1. The number of aromatic nitrogens is 1. The summed E-state index contributed by atoms with van der Waals surface area (Å²) >= 11 is 5.99. The van der Waals surface area contributed by atoms with Gasteiger partial charge in [-0.25, -0.2) is 0 Å². The maximum Gasteiger partial charge on any atom is 0.257 e. The summed E-state index contributed by atoms with van der Waals surface area (Å²) in [5.41, 5.74) is 2.29. The van der Waals surface area contributed by atoms with Crippen LogP contribution in [0.2, 0.25) is 5.02 Å². The number of rotatable bonds is 7. The smallest absolute Gasteiger partial charge is 0.257 e. The lowest BCUT2D eigenvalue weighted by atomic mass is 10.1. The quantitative estimate of drug-likeness (QED) is 0.773. The molecule has 0 saturated carbocycles. The molecule has 0 aliphatic heterocycles. The Hall–Kier alpha value is -2.40. The van der Waals surface area contributed by atoms with Gasteiger partial charge in [0, 0.05) is 36.2 Å². The summed E-state index contributed by atoms with van der Waals surface area (Å²) in [7, 11) is 0. The zero-order chi connectivity index (χ0) is 19.1. The molecule has 2 amide bonds. The number of anilines is 1. The van der Waals surface area contributed by atoms with Crippen LogP contribution in [0.15, 0.2) is 36.7 Å². The van der Waals surface area contributed by atoms with E-state index in [1.165, 1.54) is 12.4 Å². The summed E-state index contributed by atoms with van der Waals surface area (Å²) in [5.74, 6) is -0.426. The fourth-order valence-corrected chi connectivity index (χ4v) is 2.81. The monoisotopic (exact) mass is 373 g/mol. The van der Waals surface area contributed by atoms with E-state index in [2.05, 4.69) is 10.3 Å². The van der Waals surface area contributed by atoms with E-state index < -0.39 is 0 Å². The first-order valence-corrected chi connectivity index (χ1v) is 9.15. The first-order valence-electron chi connectivity index (χ1n) is 8.78. The van der Waals surface area contributed by atoms with Crippen molar-refractivity contribution >= 4 is 29.1 Å². The third kappa shape index (κ3) is 5.05. The van der Waals surface area contributed by atoms with Crippen LogP contribution in [-0.4, -0.2) is 34.8 Å². The van der Waals surface area contributed by atoms with E-state index in [9.17, 15) is 9.59 Å². The summed E-state index contributed by atoms with van der Waals surface area (Å²) in [4.78, 5) is 31.1. The molecule has 1 aromatic heterocycles. The van der Waals surface area contributed by atoms with Gasteiger partial charge in [0.05, 0.1) is 11.1 Å². The van der Waals surface area contributed by atoms with Gasteiger partial charge in [-0.05, 0) is 43.5 Å². The highest BCUT2D eigenvalue weighted by atomic mass is 35.5. The van der Waals surface area contributed by atoms with Crippen molar-refractivity contribution in [3.8, 4) is 0 Å². The van der Waals surface area contributed by atoms with Gasteiger partial charge in [-0.3, -0.25) is 14.6 Å². The molecular formula is C20H24ClN3O2. The summed E-state index contributed by atoms with van der Waals surface area (Å²) in [6, 6.07) is 6.89. The van der Waals surface area contributed by atoms with Gasteiger partial charge in [-0.2, -0.15) is 0 Å². The van der Waals surface area contributed by atoms with Gasteiger partial charge in [-0.1, -0.05) is 31.5 Å². The molecule has 6 heteroatoms. The van der Waals surface area contributed by atoms with Crippen molar-refractivity contribution in [1.29, 1.82) is 0 Å². The standard InChI is InChI=1S/C20H24ClN3O2/c1-4-8-24(9-5-2)20(26)16-10-15(12-22-13-16)19(25)23-18-11-17(21)7-6-14(18)3/h6-7,10-13H,4-5,8-9H2,1-3H3,(H,23,25). The van der Waals surface area contributed by atoms with Gasteiger partial charge in [0.1, 0.15) is 0 Å². The van der Waals surface area contributed by atoms with Crippen LogP contribution in [0.4, 0.5) is 5.69 Å². The minimum absolute atomic E-state index is 0.102. The van der Waals surface area contributed by atoms with Gasteiger partial charge in [0.15, 0.2) is 0 Å². The Balaban J connectivity index is 2.21. The molecule has 5 nitrogen and oxygen atoms in total. The van der Waals surface area contributed by atoms with Crippen LogP contribution in [0.3, 0.4) is 0 Å². The maximum absolute atomic E-state index is 12.7.